The van der Waals surface area contributed by atoms with Crippen LogP contribution in [-0.2, 0) is 11.3 Å². The average Bonchev–Trinajstić information content (AvgIpc) is 2.55. The van der Waals surface area contributed by atoms with Crippen LogP contribution in [0, 0.1) is 0 Å². The molecule has 3 aromatic rings. The molecule has 104 valence electrons. The van der Waals surface area contributed by atoms with E-state index < -0.39 is 0 Å². The van der Waals surface area contributed by atoms with Gasteiger partial charge in [0.25, 0.3) is 0 Å². The summed E-state index contributed by atoms with van der Waals surface area (Å²) >= 11 is 0. The summed E-state index contributed by atoms with van der Waals surface area (Å²) in [5.74, 6) is 0. The van der Waals surface area contributed by atoms with Gasteiger partial charge in [-0.05, 0) is 34.0 Å². The molecule has 0 aromatic heterocycles. The lowest BCUT2D eigenvalue weighted by Gasteiger charge is -2.27. The molecule has 1 unspecified atom stereocenters. The molecule has 0 bridgehead atoms. The molecule has 1 N–H and O–H groups in total. The number of ether oxygens (including phenoxy) is 1. The van der Waals surface area contributed by atoms with Crippen LogP contribution in [0.2, 0.25) is 0 Å². The SMILES string of the molecule is c1ccc2c(c1)COCC2Nc1ccc2ccccc2c1. The molecule has 0 fully saturated rings. The van der Waals surface area contributed by atoms with E-state index in [1.807, 2.05) is 0 Å². The number of benzene rings is 3. The van der Waals surface area contributed by atoms with Crippen LogP contribution >= 0.6 is 0 Å². The molecular weight excluding hydrogens is 258 g/mol. The zero-order chi connectivity index (χ0) is 14.1. The number of nitrogens with one attached hydrogen (secondary N) is 1. The molecule has 2 nitrogen and oxygen atoms in total. The van der Waals surface area contributed by atoms with E-state index in [1.54, 1.807) is 0 Å². The monoisotopic (exact) mass is 275 g/mol. The van der Waals surface area contributed by atoms with E-state index in [-0.39, 0.29) is 6.04 Å². The smallest absolute Gasteiger partial charge is 0.0751 e. The van der Waals surface area contributed by atoms with Gasteiger partial charge < -0.3 is 10.1 Å². The molecule has 1 aliphatic rings. The molecule has 0 saturated carbocycles. The molecule has 0 amide bonds. The van der Waals surface area contributed by atoms with Gasteiger partial charge in [0.1, 0.15) is 0 Å². The van der Waals surface area contributed by atoms with Crippen LogP contribution in [-0.4, -0.2) is 6.61 Å². The Morgan fingerprint density at radius 3 is 2.62 bits per heavy atom. The van der Waals surface area contributed by atoms with Crippen LogP contribution in [0.3, 0.4) is 0 Å². The van der Waals surface area contributed by atoms with Crippen molar-refractivity contribution in [2.24, 2.45) is 0 Å². The lowest BCUT2D eigenvalue weighted by atomic mass is 9.98. The first-order valence-electron chi connectivity index (χ1n) is 7.31. The summed E-state index contributed by atoms with van der Waals surface area (Å²) in [5.41, 5.74) is 3.76. The van der Waals surface area contributed by atoms with Gasteiger partial charge in [-0.25, -0.2) is 0 Å². The summed E-state index contributed by atoms with van der Waals surface area (Å²) in [4.78, 5) is 0. The Balaban J connectivity index is 1.66. The summed E-state index contributed by atoms with van der Waals surface area (Å²) in [6, 6.07) is 23.6. The van der Waals surface area contributed by atoms with Gasteiger partial charge in [0.2, 0.25) is 0 Å². The van der Waals surface area contributed by atoms with E-state index in [0.29, 0.717) is 13.2 Å². The van der Waals surface area contributed by atoms with E-state index in [1.165, 1.54) is 21.9 Å². The molecule has 1 aliphatic heterocycles. The van der Waals surface area contributed by atoms with E-state index >= 15 is 0 Å². The van der Waals surface area contributed by atoms with Crippen molar-refractivity contribution in [3.8, 4) is 0 Å². The van der Waals surface area contributed by atoms with Crippen molar-refractivity contribution < 1.29 is 4.74 Å². The zero-order valence-electron chi connectivity index (χ0n) is 11.8. The van der Waals surface area contributed by atoms with Gasteiger partial charge >= 0.3 is 0 Å². The van der Waals surface area contributed by atoms with E-state index in [0.717, 1.165) is 5.69 Å². The molecule has 0 aliphatic carbocycles. The second-order valence-electron chi connectivity index (χ2n) is 5.47. The lowest BCUT2D eigenvalue weighted by Crippen LogP contribution is -2.23. The molecule has 3 aromatic carbocycles. The van der Waals surface area contributed by atoms with Crippen LogP contribution in [0.25, 0.3) is 10.8 Å². The molecule has 1 heterocycles. The molecule has 1 atom stereocenters. The standard InChI is InChI=1S/C19H17NO/c1-2-6-15-11-17(10-9-14(15)5-1)20-19-13-21-12-16-7-3-4-8-18(16)19/h1-11,19-20H,12-13H2. The maximum absolute atomic E-state index is 5.71. The third kappa shape index (κ3) is 2.39. The van der Waals surface area contributed by atoms with Gasteiger partial charge in [-0.1, -0.05) is 54.6 Å². The predicted octanol–water partition coefficient (Wildman–Crippen LogP) is 4.52. The first-order valence-corrected chi connectivity index (χ1v) is 7.31. The third-order valence-corrected chi connectivity index (χ3v) is 4.06. The van der Waals surface area contributed by atoms with Crippen molar-refractivity contribution in [1.29, 1.82) is 0 Å². The van der Waals surface area contributed by atoms with Crippen LogP contribution in [0.1, 0.15) is 17.2 Å². The zero-order valence-corrected chi connectivity index (χ0v) is 11.8. The van der Waals surface area contributed by atoms with Gasteiger partial charge in [-0.3, -0.25) is 0 Å². The normalized spacial score (nSPS) is 17.4. The molecule has 21 heavy (non-hydrogen) atoms. The third-order valence-electron chi connectivity index (χ3n) is 4.06. The maximum atomic E-state index is 5.71. The quantitative estimate of drug-likeness (QED) is 0.742. The highest BCUT2D eigenvalue weighted by atomic mass is 16.5. The Morgan fingerprint density at radius 1 is 0.857 bits per heavy atom. The van der Waals surface area contributed by atoms with E-state index in [2.05, 4.69) is 72.0 Å². The summed E-state index contributed by atoms with van der Waals surface area (Å²) in [6.45, 7) is 1.43. The lowest BCUT2D eigenvalue weighted by molar-refractivity contribution is 0.0970. The van der Waals surface area contributed by atoms with E-state index in [9.17, 15) is 0 Å². The molecule has 4 rings (SSSR count). The first kappa shape index (κ1) is 12.4. The Morgan fingerprint density at radius 2 is 1.67 bits per heavy atom. The number of rotatable bonds is 2. The Hall–Kier alpha value is -2.32. The highest BCUT2D eigenvalue weighted by Crippen LogP contribution is 2.29. The second-order valence-corrected chi connectivity index (χ2v) is 5.47. The van der Waals surface area contributed by atoms with Crippen LogP contribution in [0.15, 0.2) is 66.7 Å². The predicted molar refractivity (Wildman–Crippen MR) is 86.4 cm³/mol. The number of hydrogen-bond acceptors (Lipinski definition) is 2. The number of fused-ring (bicyclic) bond motifs is 2. The van der Waals surface area contributed by atoms with Crippen molar-refractivity contribution in [3.05, 3.63) is 77.9 Å². The summed E-state index contributed by atoms with van der Waals surface area (Å²) in [5, 5.41) is 6.13. The molecule has 0 spiro atoms. The van der Waals surface area contributed by atoms with Crippen LogP contribution in [0.4, 0.5) is 5.69 Å². The topological polar surface area (TPSA) is 21.3 Å². The van der Waals surface area contributed by atoms with Gasteiger partial charge in [-0.15, -0.1) is 0 Å². The average molecular weight is 275 g/mol. The Kier molecular flexibility index (Phi) is 3.09. The number of anilines is 1. The molecule has 0 saturated heterocycles. The van der Waals surface area contributed by atoms with Crippen molar-refractivity contribution in [2.45, 2.75) is 12.6 Å². The van der Waals surface area contributed by atoms with Gasteiger partial charge in [0.05, 0.1) is 19.3 Å². The molecular formula is C19H17NO. The summed E-state index contributed by atoms with van der Waals surface area (Å²) in [6.07, 6.45) is 0. The van der Waals surface area contributed by atoms with Crippen LogP contribution < -0.4 is 5.32 Å². The fourth-order valence-corrected chi connectivity index (χ4v) is 2.98. The van der Waals surface area contributed by atoms with E-state index in [4.69, 9.17) is 4.74 Å². The first-order chi connectivity index (χ1) is 10.4. The van der Waals surface area contributed by atoms with Gasteiger partial charge in [0, 0.05) is 5.69 Å². The van der Waals surface area contributed by atoms with Crippen molar-refractivity contribution in [1.82, 2.24) is 0 Å². The molecule has 0 radical (unpaired) electrons. The maximum Gasteiger partial charge on any atom is 0.0751 e. The Labute approximate surface area is 124 Å². The molecule has 2 heteroatoms. The van der Waals surface area contributed by atoms with Gasteiger partial charge in [0.15, 0.2) is 0 Å². The number of hydrogen-bond donors (Lipinski definition) is 1. The summed E-state index contributed by atoms with van der Waals surface area (Å²) in [7, 11) is 0. The fourth-order valence-electron chi connectivity index (χ4n) is 2.98. The van der Waals surface area contributed by atoms with Crippen molar-refractivity contribution >= 4 is 16.5 Å². The summed E-state index contributed by atoms with van der Waals surface area (Å²) < 4.78 is 5.71. The minimum atomic E-state index is 0.219. The largest absolute Gasteiger partial charge is 0.376 e. The highest BCUT2D eigenvalue weighted by molar-refractivity contribution is 5.85. The fraction of sp³-hybridized carbons (Fsp3) is 0.158. The Bertz CT molecular complexity index is 781. The second kappa shape index (κ2) is 5.23. The van der Waals surface area contributed by atoms with Crippen LogP contribution in [0.5, 0.6) is 0 Å². The highest BCUT2D eigenvalue weighted by Gasteiger charge is 2.19. The minimum absolute atomic E-state index is 0.219. The van der Waals surface area contributed by atoms with Gasteiger partial charge in [-0.2, -0.15) is 0 Å². The minimum Gasteiger partial charge on any atom is -0.376 e. The van der Waals surface area contributed by atoms with Crippen molar-refractivity contribution in [2.75, 3.05) is 11.9 Å². The van der Waals surface area contributed by atoms with Crippen molar-refractivity contribution in [3.63, 3.8) is 0 Å².